The molecule has 0 saturated heterocycles. The molecule has 0 amide bonds. The molecule has 2 nitrogen and oxygen atoms in total. The Bertz CT molecular complexity index is 3130. The van der Waals surface area contributed by atoms with E-state index in [0.717, 1.165) is 83.2 Å². The summed E-state index contributed by atoms with van der Waals surface area (Å²) >= 11 is 0. The molecule has 258 valence electrons. The van der Waals surface area contributed by atoms with E-state index in [1.807, 2.05) is 18.2 Å². The van der Waals surface area contributed by atoms with Crippen molar-refractivity contribution in [3.63, 3.8) is 0 Å². The Balaban J connectivity index is 1.17. The molecule has 8 aromatic carbocycles. The van der Waals surface area contributed by atoms with Gasteiger partial charge in [0.15, 0.2) is 0 Å². The number of furan rings is 2. The first-order valence-electron chi connectivity index (χ1n) is 18.6. The molecule has 2 aromatic heterocycles. The van der Waals surface area contributed by atoms with Crippen LogP contribution in [0, 0.1) is 19.3 Å². The van der Waals surface area contributed by atoms with Crippen molar-refractivity contribution in [3.05, 3.63) is 187 Å². The van der Waals surface area contributed by atoms with Crippen molar-refractivity contribution in [1.29, 1.82) is 0 Å². The number of benzene rings is 8. The average Bonchev–Trinajstić information content (AvgIpc) is 3.83. The van der Waals surface area contributed by atoms with Crippen molar-refractivity contribution in [3.8, 4) is 68.2 Å². The van der Waals surface area contributed by atoms with Crippen LogP contribution in [-0.2, 0) is 0 Å². The minimum absolute atomic E-state index is 0.830. The van der Waals surface area contributed by atoms with E-state index in [-0.39, 0.29) is 0 Å². The maximum absolute atomic E-state index is 6.98. The Labute approximate surface area is 319 Å². The van der Waals surface area contributed by atoms with Crippen LogP contribution in [0.5, 0.6) is 0 Å². The van der Waals surface area contributed by atoms with Gasteiger partial charge >= 0.3 is 0 Å². The van der Waals surface area contributed by atoms with E-state index in [4.69, 9.17) is 15.3 Å². The molecule has 0 N–H and O–H groups in total. The third-order valence-corrected chi connectivity index (χ3v) is 10.8. The number of fused-ring (bicyclic) bond motifs is 5. The highest BCUT2D eigenvalue weighted by molar-refractivity contribution is 6.14. The third-order valence-electron chi connectivity index (χ3n) is 10.8. The van der Waals surface area contributed by atoms with Gasteiger partial charge in [-0.25, -0.2) is 0 Å². The predicted octanol–water partition coefficient (Wildman–Crippen LogP) is 14.8. The minimum atomic E-state index is 0.830. The summed E-state index contributed by atoms with van der Waals surface area (Å²) in [5.41, 5.74) is 14.7. The zero-order chi connectivity index (χ0) is 36.9. The van der Waals surface area contributed by atoms with Gasteiger partial charge in [0.05, 0.1) is 0 Å². The normalized spacial score (nSPS) is 11.6. The van der Waals surface area contributed by atoms with E-state index in [9.17, 15) is 0 Å². The van der Waals surface area contributed by atoms with Gasteiger partial charge in [-0.05, 0) is 74.9 Å². The second kappa shape index (κ2) is 13.3. The summed E-state index contributed by atoms with van der Waals surface area (Å²) in [7, 11) is 0. The van der Waals surface area contributed by atoms with Crippen LogP contribution in [0.2, 0.25) is 0 Å². The van der Waals surface area contributed by atoms with Crippen LogP contribution in [0.4, 0.5) is 0 Å². The average molecular weight is 703 g/mol. The van der Waals surface area contributed by atoms with Crippen molar-refractivity contribution in [2.75, 3.05) is 0 Å². The molecule has 0 atom stereocenters. The first-order chi connectivity index (χ1) is 27.2. The van der Waals surface area contributed by atoms with Gasteiger partial charge in [-0.3, -0.25) is 0 Å². The fourth-order valence-corrected chi connectivity index (χ4v) is 8.39. The zero-order valence-electron chi connectivity index (χ0n) is 30.2. The van der Waals surface area contributed by atoms with Crippen LogP contribution in [-0.4, -0.2) is 0 Å². The third kappa shape index (κ3) is 5.29. The molecular weight excluding hydrogens is 669 g/mol. The van der Waals surface area contributed by atoms with Crippen LogP contribution < -0.4 is 0 Å². The summed E-state index contributed by atoms with van der Waals surface area (Å²) in [5.74, 6) is 3.56. The van der Waals surface area contributed by atoms with Crippen LogP contribution in [0.3, 0.4) is 0 Å². The van der Waals surface area contributed by atoms with Crippen LogP contribution >= 0.6 is 0 Å². The SMILES string of the molecule is C#C/C=C\c1c(C)c(-c2ccc(-c3c(-c4ccccc4)oc4c(-c5cccc6c5oc5ccccc56)cccc34)cc2)c2ccccc2c1-c1ccccc1. The standard InChI is InChI=1S/C53H34O2/c1-3-4-21-39-34(2)48(41-23-11-12-24-42(41)49(39)35-17-7-5-8-18-35)36-30-32-37(33-31-36)50-46-28-16-27-45(53(46)55-51(50)38-19-9-6-10-20-38)44-26-15-25-43-40-22-13-14-29-47(40)54-52(43)44/h1,4-33H,2H3/b21-4-. The number of hydrogen-bond acceptors (Lipinski definition) is 2. The molecule has 2 heteroatoms. The largest absolute Gasteiger partial charge is 0.455 e. The topological polar surface area (TPSA) is 26.3 Å². The Kier molecular flexibility index (Phi) is 7.79. The summed E-state index contributed by atoms with van der Waals surface area (Å²) in [4.78, 5) is 0. The van der Waals surface area contributed by atoms with E-state index in [1.54, 1.807) is 6.08 Å². The molecular formula is C53H34O2. The summed E-state index contributed by atoms with van der Waals surface area (Å²) in [6.07, 6.45) is 9.65. The lowest BCUT2D eigenvalue weighted by atomic mass is 9.83. The van der Waals surface area contributed by atoms with E-state index >= 15 is 0 Å². The van der Waals surface area contributed by atoms with Crippen molar-refractivity contribution < 1.29 is 8.83 Å². The Hall–Kier alpha value is -7.34. The van der Waals surface area contributed by atoms with E-state index in [1.165, 1.54) is 27.5 Å². The molecule has 0 bridgehead atoms. The maximum Gasteiger partial charge on any atom is 0.143 e. The molecule has 2 heterocycles. The zero-order valence-corrected chi connectivity index (χ0v) is 30.2. The van der Waals surface area contributed by atoms with Gasteiger partial charge in [-0.1, -0.05) is 170 Å². The molecule has 0 fully saturated rings. The molecule has 10 rings (SSSR count). The Morgan fingerprint density at radius 1 is 0.436 bits per heavy atom. The molecule has 0 aliphatic carbocycles. The van der Waals surface area contributed by atoms with Gasteiger partial charge in [0.2, 0.25) is 0 Å². The summed E-state index contributed by atoms with van der Waals surface area (Å²) in [5, 5.41) is 5.64. The lowest BCUT2D eigenvalue weighted by Gasteiger charge is -2.20. The van der Waals surface area contributed by atoms with Gasteiger partial charge in [0, 0.05) is 38.4 Å². The smallest absolute Gasteiger partial charge is 0.143 e. The van der Waals surface area contributed by atoms with Gasteiger partial charge in [-0.15, -0.1) is 6.42 Å². The lowest BCUT2D eigenvalue weighted by Crippen LogP contribution is -1.96. The summed E-state index contributed by atoms with van der Waals surface area (Å²) < 4.78 is 13.5. The van der Waals surface area contributed by atoms with Crippen LogP contribution in [0.25, 0.3) is 106 Å². The van der Waals surface area contributed by atoms with E-state index < -0.39 is 0 Å². The maximum atomic E-state index is 6.98. The number of hydrogen-bond donors (Lipinski definition) is 0. The summed E-state index contributed by atoms with van der Waals surface area (Å²) in [6.45, 7) is 2.21. The molecule has 55 heavy (non-hydrogen) atoms. The number of allylic oxidation sites excluding steroid dienone is 1. The molecule has 0 spiro atoms. The number of para-hydroxylation sites is 3. The van der Waals surface area contributed by atoms with E-state index in [2.05, 4.69) is 171 Å². The van der Waals surface area contributed by atoms with Crippen molar-refractivity contribution in [2.45, 2.75) is 6.92 Å². The minimum Gasteiger partial charge on any atom is -0.455 e. The highest BCUT2D eigenvalue weighted by atomic mass is 16.3. The first-order valence-corrected chi connectivity index (χ1v) is 18.6. The van der Waals surface area contributed by atoms with Crippen molar-refractivity contribution >= 4 is 49.8 Å². The monoisotopic (exact) mass is 702 g/mol. The quantitative estimate of drug-likeness (QED) is 0.161. The fourth-order valence-electron chi connectivity index (χ4n) is 8.39. The molecule has 0 radical (unpaired) electrons. The lowest BCUT2D eigenvalue weighted by molar-refractivity contribution is 0.633. The van der Waals surface area contributed by atoms with Gasteiger partial charge in [0.25, 0.3) is 0 Å². The molecule has 0 unspecified atom stereocenters. The van der Waals surface area contributed by atoms with Crippen molar-refractivity contribution in [2.24, 2.45) is 0 Å². The van der Waals surface area contributed by atoms with E-state index in [0.29, 0.717) is 0 Å². The predicted molar refractivity (Wildman–Crippen MR) is 231 cm³/mol. The second-order valence-corrected chi connectivity index (χ2v) is 13.9. The van der Waals surface area contributed by atoms with Gasteiger partial charge < -0.3 is 8.83 Å². The molecule has 0 aliphatic heterocycles. The Morgan fingerprint density at radius 2 is 0.945 bits per heavy atom. The highest BCUT2D eigenvalue weighted by Gasteiger charge is 2.23. The Morgan fingerprint density at radius 3 is 1.62 bits per heavy atom. The number of terminal acetylenes is 1. The molecule has 10 aromatic rings. The van der Waals surface area contributed by atoms with Crippen LogP contribution in [0.1, 0.15) is 11.1 Å². The molecule has 0 saturated carbocycles. The van der Waals surface area contributed by atoms with Gasteiger partial charge in [0.1, 0.15) is 22.5 Å². The summed E-state index contributed by atoms with van der Waals surface area (Å²) in [6, 6.07) is 59.6. The number of rotatable bonds is 6. The molecule has 0 aliphatic rings. The highest BCUT2D eigenvalue weighted by Crippen LogP contribution is 2.47. The second-order valence-electron chi connectivity index (χ2n) is 13.9. The fraction of sp³-hybridized carbons (Fsp3) is 0.0189. The van der Waals surface area contributed by atoms with Crippen LogP contribution in [0.15, 0.2) is 185 Å². The van der Waals surface area contributed by atoms with Crippen molar-refractivity contribution in [1.82, 2.24) is 0 Å². The first kappa shape index (κ1) is 32.3. The van der Waals surface area contributed by atoms with Gasteiger partial charge in [-0.2, -0.15) is 0 Å².